The summed E-state index contributed by atoms with van der Waals surface area (Å²) in [7, 11) is 0. The number of carbonyl (C=O) groups is 1. The van der Waals surface area contributed by atoms with Crippen LogP contribution in [0.15, 0.2) is 0 Å². The molecule has 15 heavy (non-hydrogen) atoms. The van der Waals surface area contributed by atoms with Crippen LogP contribution < -0.4 is 11.5 Å². The minimum atomic E-state index is -2.64. The number of aldehydes is 1. The van der Waals surface area contributed by atoms with Gasteiger partial charge in [0.15, 0.2) is 12.1 Å². The van der Waals surface area contributed by atoms with Gasteiger partial charge >= 0.3 is 0 Å². The summed E-state index contributed by atoms with van der Waals surface area (Å²) in [6.07, 6.45) is -8.09. The SMILES string of the molecule is Cl.NC(N)(O)[C@@H](O)[C@@H](O)[C@H](O)[C@@H](O)C=O. The molecule has 0 aliphatic rings. The third-order valence-corrected chi connectivity index (χ3v) is 1.64. The van der Waals surface area contributed by atoms with E-state index in [1.165, 1.54) is 0 Å². The highest BCUT2D eigenvalue weighted by molar-refractivity contribution is 5.85. The lowest BCUT2D eigenvalue weighted by Crippen LogP contribution is -2.65. The molecule has 0 saturated carbocycles. The van der Waals surface area contributed by atoms with Crippen molar-refractivity contribution in [1.29, 1.82) is 0 Å². The van der Waals surface area contributed by atoms with E-state index in [0.717, 1.165) is 0 Å². The largest absolute Gasteiger partial charge is 0.387 e. The Morgan fingerprint density at radius 2 is 1.47 bits per heavy atom. The molecule has 0 aromatic carbocycles. The molecule has 0 amide bonds. The topological polar surface area (TPSA) is 170 Å². The van der Waals surface area contributed by atoms with Crippen LogP contribution in [0.3, 0.4) is 0 Å². The first-order valence-electron chi connectivity index (χ1n) is 3.69. The van der Waals surface area contributed by atoms with Crippen molar-refractivity contribution in [2.24, 2.45) is 11.5 Å². The van der Waals surface area contributed by atoms with Gasteiger partial charge in [0.1, 0.15) is 24.4 Å². The molecule has 9 heteroatoms. The molecular formula is C6H15ClN2O6. The van der Waals surface area contributed by atoms with E-state index in [2.05, 4.69) is 0 Å². The number of nitrogens with two attached hydrogens (primary N) is 2. The molecule has 0 aliphatic heterocycles. The molecule has 0 radical (unpaired) electrons. The Morgan fingerprint density at radius 1 is 1.07 bits per heavy atom. The molecular weight excluding hydrogens is 232 g/mol. The molecule has 0 aliphatic carbocycles. The number of rotatable bonds is 5. The van der Waals surface area contributed by atoms with Crippen molar-refractivity contribution in [3.05, 3.63) is 0 Å². The standard InChI is InChI=1S/C6H14N2O6.ClH/c7-6(8,14)5(13)4(12)3(11)2(10)1-9;/h1-5,10-14H,7-8H2;1H/t2-,3+,4-,5-;/m0./s1. The molecule has 0 unspecified atom stereocenters. The molecule has 92 valence electrons. The molecule has 9 N–H and O–H groups in total. The summed E-state index contributed by atoms with van der Waals surface area (Å²) >= 11 is 0. The summed E-state index contributed by atoms with van der Waals surface area (Å²) in [4.78, 5) is 10.00. The molecule has 0 saturated heterocycles. The van der Waals surface area contributed by atoms with E-state index < -0.39 is 30.3 Å². The Bertz CT molecular complexity index is 199. The maximum atomic E-state index is 10.00. The third kappa shape index (κ3) is 4.82. The number of halogens is 1. The van der Waals surface area contributed by atoms with Gasteiger partial charge in [0, 0.05) is 0 Å². The molecule has 0 spiro atoms. The third-order valence-electron chi connectivity index (χ3n) is 1.64. The van der Waals surface area contributed by atoms with E-state index in [1.807, 2.05) is 0 Å². The molecule has 8 nitrogen and oxygen atoms in total. The molecule has 0 fully saturated rings. The van der Waals surface area contributed by atoms with Gasteiger partial charge in [-0.1, -0.05) is 0 Å². The maximum absolute atomic E-state index is 10.00. The highest BCUT2D eigenvalue weighted by Crippen LogP contribution is 2.08. The zero-order valence-electron chi connectivity index (χ0n) is 7.59. The lowest BCUT2D eigenvalue weighted by molar-refractivity contribution is -0.167. The molecule has 0 aromatic rings. The van der Waals surface area contributed by atoms with Crippen molar-refractivity contribution in [3.8, 4) is 0 Å². The summed E-state index contributed by atoms with van der Waals surface area (Å²) in [6.45, 7) is 0. The van der Waals surface area contributed by atoms with E-state index >= 15 is 0 Å². The van der Waals surface area contributed by atoms with Gasteiger partial charge in [-0.05, 0) is 0 Å². The van der Waals surface area contributed by atoms with E-state index in [9.17, 15) is 4.79 Å². The van der Waals surface area contributed by atoms with Gasteiger partial charge < -0.3 is 30.3 Å². The van der Waals surface area contributed by atoms with Crippen molar-refractivity contribution < 1.29 is 30.3 Å². The normalized spacial score (nSPS) is 19.7. The number of aliphatic hydroxyl groups is 5. The predicted octanol–water partition coefficient (Wildman–Crippen LogP) is -4.39. The van der Waals surface area contributed by atoms with Crippen LogP contribution in [0.25, 0.3) is 0 Å². The second-order valence-electron chi connectivity index (χ2n) is 2.94. The van der Waals surface area contributed by atoms with E-state index in [0.29, 0.717) is 0 Å². The van der Waals surface area contributed by atoms with Gasteiger partial charge in [-0.2, -0.15) is 0 Å². The molecule has 0 rings (SSSR count). The van der Waals surface area contributed by atoms with Crippen LogP contribution in [-0.2, 0) is 4.79 Å². The minimum absolute atomic E-state index is 0. The predicted molar refractivity (Wildman–Crippen MR) is 50.7 cm³/mol. The van der Waals surface area contributed by atoms with Crippen LogP contribution in [0.2, 0.25) is 0 Å². The average Bonchev–Trinajstić information content (AvgIpc) is 2.11. The quantitative estimate of drug-likeness (QED) is 0.188. The zero-order chi connectivity index (χ0) is 11.5. The zero-order valence-corrected chi connectivity index (χ0v) is 8.41. The van der Waals surface area contributed by atoms with Gasteiger partial charge in [-0.3, -0.25) is 11.5 Å². The Hall–Kier alpha value is -0.320. The van der Waals surface area contributed by atoms with Crippen molar-refractivity contribution >= 4 is 18.7 Å². The van der Waals surface area contributed by atoms with Gasteiger partial charge in [0.2, 0.25) is 0 Å². The number of aliphatic hydroxyl groups excluding tert-OH is 4. The fourth-order valence-electron chi connectivity index (χ4n) is 0.743. The number of carbonyl (C=O) groups excluding carboxylic acids is 1. The Kier molecular flexibility index (Phi) is 7.18. The second-order valence-corrected chi connectivity index (χ2v) is 2.94. The van der Waals surface area contributed by atoms with Crippen LogP contribution in [0.1, 0.15) is 0 Å². The summed E-state index contributed by atoms with van der Waals surface area (Å²) in [5, 5.41) is 44.7. The molecule has 0 aromatic heterocycles. The highest BCUT2D eigenvalue weighted by Gasteiger charge is 2.39. The Balaban J connectivity index is 0. The van der Waals surface area contributed by atoms with Gasteiger partial charge in [0.25, 0.3) is 0 Å². The van der Waals surface area contributed by atoms with E-state index in [-0.39, 0.29) is 18.7 Å². The average molecular weight is 247 g/mol. The van der Waals surface area contributed by atoms with Gasteiger partial charge in [-0.25, -0.2) is 0 Å². The highest BCUT2D eigenvalue weighted by atomic mass is 35.5. The van der Waals surface area contributed by atoms with E-state index in [4.69, 9.17) is 37.0 Å². The van der Waals surface area contributed by atoms with E-state index in [1.54, 1.807) is 0 Å². The summed E-state index contributed by atoms with van der Waals surface area (Å²) in [5.74, 6) is -2.64. The first-order valence-corrected chi connectivity index (χ1v) is 3.69. The summed E-state index contributed by atoms with van der Waals surface area (Å²) in [6, 6.07) is 0. The maximum Gasteiger partial charge on any atom is 0.196 e. The van der Waals surface area contributed by atoms with Crippen LogP contribution in [-0.4, -0.2) is 62.1 Å². The monoisotopic (exact) mass is 246 g/mol. The lowest BCUT2D eigenvalue weighted by atomic mass is 10.0. The molecule has 0 heterocycles. The van der Waals surface area contributed by atoms with Gasteiger partial charge in [0.05, 0.1) is 0 Å². The van der Waals surface area contributed by atoms with Crippen LogP contribution in [0.4, 0.5) is 0 Å². The smallest absolute Gasteiger partial charge is 0.196 e. The number of hydrogen-bond donors (Lipinski definition) is 7. The Labute approximate surface area is 91.5 Å². The number of hydrogen-bond acceptors (Lipinski definition) is 8. The van der Waals surface area contributed by atoms with Crippen molar-refractivity contribution in [3.63, 3.8) is 0 Å². The van der Waals surface area contributed by atoms with Crippen LogP contribution in [0.5, 0.6) is 0 Å². The van der Waals surface area contributed by atoms with Crippen molar-refractivity contribution in [2.75, 3.05) is 0 Å². The first-order chi connectivity index (χ1) is 6.21. The molecule has 4 atom stereocenters. The lowest BCUT2D eigenvalue weighted by Gasteiger charge is -2.31. The minimum Gasteiger partial charge on any atom is -0.387 e. The van der Waals surface area contributed by atoms with Gasteiger partial charge in [-0.15, -0.1) is 12.4 Å². The second kappa shape index (κ2) is 6.30. The first kappa shape index (κ1) is 17.1. The van der Waals surface area contributed by atoms with Crippen LogP contribution >= 0.6 is 12.4 Å². The fraction of sp³-hybridized carbons (Fsp3) is 0.833. The van der Waals surface area contributed by atoms with Crippen LogP contribution in [0, 0.1) is 0 Å². The summed E-state index contributed by atoms with van der Waals surface area (Å²) < 4.78 is 0. The molecule has 0 bridgehead atoms. The van der Waals surface area contributed by atoms with Crippen molar-refractivity contribution in [1.82, 2.24) is 0 Å². The Morgan fingerprint density at radius 3 is 1.73 bits per heavy atom. The van der Waals surface area contributed by atoms with Crippen molar-refractivity contribution in [2.45, 2.75) is 30.3 Å². The fourth-order valence-corrected chi connectivity index (χ4v) is 0.743. The summed E-state index contributed by atoms with van der Waals surface area (Å²) in [5.41, 5.74) is 9.60.